The van der Waals surface area contributed by atoms with Gasteiger partial charge in [0.1, 0.15) is 12.2 Å². The number of carbonyl (C=O) groups excluding carboxylic acids is 3. The van der Waals surface area contributed by atoms with Crippen LogP contribution in [0.1, 0.15) is 48.0 Å². The summed E-state index contributed by atoms with van der Waals surface area (Å²) in [4.78, 5) is 36.4. The van der Waals surface area contributed by atoms with Crippen molar-refractivity contribution in [3.05, 3.63) is 23.3 Å². The SMILES string of the molecule is CC(=O)OCC1=C[C@H]2[C@@H]3C(C)(C)[C@]3(OC(C)=O)[C@H](O)[C@@H](C)[C@]2(O)[C@@H]2C=C(C)C(=O)C2C1. The largest absolute Gasteiger partial charge is 0.461 e. The summed E-state index contributed by atoms with van der Waals surface area (Å²) in [6.45, 7) is 10.1. The van der Waals surface area contributed by atoms with Gasteiger partial charge in [0.15, 0.2) is 5.78 Å². The van der Waals surface area contributed by atoms with Crippen LogP contribution in [0.4, 0.5) is 0 Å². The van der Waals surface area contributed by atoms with Gasteiger partial charge in [-0.25, -0.2) is 0 Å². The summed E-state index contributed by atoms with van der Waals surface area (Å²) in [5, 5.41) is 23.6. The van der Waals surface area contributed by atoms with Crippen molar-refractivity contribution in [3.8, 4) is 0 Å². The Morgan fingerprint density at radius 3 is 2.39 bits per heavy atom. The van der Waals surface area contributed by atoms with Crippen LogP contribution in [0.25, 0.3) is 0 Å². The van der Waals surface area contributed by atoms with Crippen molar-refractivity contribution in [2.75, 3.05) is 6.61 Å². The highest BCUT2D eigenvalue weighted by atomic mass is 16.6. The maximum Gasteiger partial charge on any atom is 0.303 e. The number of hydrogen-bond donors (Lipinski definition) is 2. The van der Waals surface area contributed by atoms with Gasteiger partial charge in [-0.3, -0.25) is 14.4 Å². The summed E-state index contributed by atoms with van der Waals surface area (Å²) in [6.07, 6.45) is 3.05. The highest BCUT2D eigenvalue weighted by Gasteiger charge is 2.86. The number of ether oxygens (including phenoxy) is 2. The zero-order valence-electron chi connectivity index (χ0n) is 19.0. The van der Waals surface area contributed by atoms with Crippen LogP contribution in [0.5, 0.6) is 0 Å². The molecule has 0 spiro atoms. The molecule has 2 saturated carbocycles. The lowest BCUT2D eigenvalue weighted by atomic mass is 9.60. The lowest BCUT2D eigenvalue weighted by molar-refractivity contribution is -0.207. The molecule has 4 aliphatic carbocycles. The van der Waals surface area contributed by atoms with Crippen LogP contribution >= 0.6 is 0 Å². The van der Waals surface area contributed by atoms with E-state index in [2.05, 4.69) is 0 Å². The average molecular weight is 433 g/mol. The van der Waals surface area contributed by atoms with Crippen molar-refractivity contribution in [2.45, 2.75) is 65.3 Å². The number of Topliss-reactive ketones (excluding diaryl/α,β-unsaturated/α-hetero) is 1. The molecule has 7 nitrogen and oxygen atoms in total. The smallest absolute Gasteiger partial charge is 0.303 e. The van der Waals surface area contributed by atoms with E-state index < -0.39 is 58.3 Å². The molecule has 7 heteroatoms. The molecule has 170 valence electrons. The monoisotopic (exact) mass is 432 g/mol. The minimum absolute atomic E-state index is 0.0265. The molecule has 0 saturated heterocycles. The summed E-state index contributed by atoms with van der Waals surface area (Å²) in [5.41, 5.74) is -1.72. The molecule has 2 fully saturated rings. The molecule has 4 aliphatic rings. The molecule has 8 atom stereocenters. The van der Waals surface area contributed by atoms with E-state index in [1.54, 1.807) is 13.8 Å². The van der Waals surface area contributed by atoms with E-state index in [-0.39, 0.29) is 18.3 Å². The van der Waals surface area contributed by atoms with E-state index in [9.17, 15) is 24.6 Å². The maximum absolute atomic E-state index is 13.0. The minimum Gasteiger partial charge on any atom is -0.461 e. The van der Waals surface area contributed by atoms with E-state index in [0.29, 0.717) is 12.0 Å². The number of fused-ring (bicyclic) bond motifs is 5. The van der Waals surface area contributed by atoms with Crippen molar-refractivity contribution in [1.82, 2.24) is 0 Å². The van der Waals surface area contributed by atoms with Gasteiger partial charge in [-0.2, -0.15) is 0 Å². The lowest BCUT2D eigenvalue weighted by Gasteiger charge is -2.51. The quantitative estimate of drug-likeness (QED) is 0.518. The third-order valence-corrected chi connectivity index (χ3v) is 8.49. The number of carbonyl (C=O) groups is 3. The summed E-state index contributed by atoms with van der Waals surface area (Å²) < 4.78 is 11.0. The first-order chi connectivity index (χ1) is 14.3. The standard InChI is InChI=1S/C24H32O7/c1-11-7-17-16(19(11)27)8-15(10-30-13(3)25)9-18-20-22(5,6)24(20,31-14(4)26)21(28)12(2)23(17,18)29/h7,9,12,16-18,20-21,28-29H,8,10H2,1-6H3/t12-,16?,17-,18+,20-,21-,23+,24-/m1/s1. The van der Waals surface area contributed by atoms with Gasteiger partial charge >= 0.3 is 11.9 Å². The predicted octanol–water partition coefficient (Wildman–Crippen LogP) is 1.96. The fourth-order valence-corrected chi connectivity index (χ4v) is 7.03. The van der Waals surface area contributed by atoms with Gasteiger partial charge in [0, 0.05) is 48.9 Å². The summed E-state index contributed by atoms with van der Waals surface area (Å²) in [5.74, 6) is -3.34. The fourth-order valence-electron chi connectivity index (χ4n) is 7.03. The molecule has 31 heavy (non-hydrogen) atoms. The second kappa shape index (κ2) is 6.75. The first-order valence-corrected chi connectivity index (χ1v) is 11.0. The third kappa shape index (κ3) is 2.75. The first-order valence-electron chi connectivity index (χ1n) is 11.0. The topological polar surface area (TPSA) is 110 Å². The molecular weight excluding hydrogens is 400 g/mol. The highest BCUT2D eigenvalue weighted by molar-refractivity contribution is 6.00. The van der Waals surface area contributed by atoms with Gasteiger partial charge in [0.2, 0.25) is 0 Å². The van der Waals surface area contributed by atoms with Crippen LogP contribution in [0.15, 0.2) is 23.3 Å². The molecule has 2 N–H and O–H groups in total. The Morgan fingerprint density at radius 1 is 1.16 bits per heavy atom. The van der Waals surface area contributed by atoms with E-state index in [1.807, 2.05) is 26.0 Å². The van der Waals surface area contributed by atoms with Crippen LogP contribution in [0.3, 0.4) is 0 Å². The number of hydrogen-bond acceptors (Lipinski definition) is 7. The molecule has 0 aromatic carbocycles. The summed E-state index contributed by atoms with van der Waals surface area (Å²) in [6, 6.07) is 0. The maximum atomic E-state index is 13.0. The Morgan fingerprint density at radius 2 is 1.81 bits per heavy atom. The molecule has 0 heterocycles. The summed E-state index contributed by atoms with van der Waals surface area (Å²) >= 11 is 0. The number of esters is 2. The zero-order valence-corrected chi connectivity index (χ0v) is 19.0. The first kappa shape index (κ1) is 22.2. The van der Waals surface area contributed by atoms with E-state index in [1.165, 1.54) is 13.8 Å². The average Bonchev–Trinajstić information content (AvgIpc) is 3.06. The Hall–Kier alpha value is -1.99. The number of ketones is 1. The van der Waals surface area contributed by atoms with Gasteiger partial charge in [-0.15, -0.1) is 0 Å². The molecule has 0 aromatic heterocycles. The third-order valence-electron chi connectivity index (χ3n) is 8.49. The van der Waals surface area contributed by atoms with E-state index >= 15 is 0 Å². The minimum atomic E-state index is -1.41. The molecule has 0 bridgehead atoms. The van der Waals surface area contributed by atoms with Gasteiger partial charge in [-0.05, 0) is 24.5 Å². The van der Waals surface area contributed by atoms with Gasteiger partial charge in [0.25, 0.3) is 0 Å². The van der Waals surface area contributed by atoms with Crippen LogP contribution in [0, 0.1) is 35.0 Å². The molecule has 1 unspecified atom stereocenters. The molecular formula is C24H32O7. The van der Waals surface area contributed by atoms with Gasteiger partial charge in [-0.1, -0.05) is 32.9 Å². The zero-order chi connectivity index (χ0) is 23.1. The number of aliphatic hydroxyl groups excluding tert-OH is 1. The number of aliphatic hydroxyl groups is 2. The molecule has 4 rings (SSSR count). The second-order valence-electron chi connectivity index (χ2n) is 10.4. The molecule has 0 aliphatic heterocycles. The Kier molecular flexibility index (Phi) is 4.84. The van der Waals surface area contributed by atoms with Crippen LogP contribution in [-0.2, 0) is 23.9 Å². The van der Waals surface area contributed by atoms with E-state index in [4.69, 9.17) is 9.47 Å². The van der Waals surface area contributed by atoms with Crippen molar-refractivity contribution < 1.29 is 34.1 Å². The summed E-state index contributed by atoms with van der Waals surface area (Å²) in [7, 11) is 0. The van der Waals surface area contributed by atoms with Crippen molar-refractivity contribution in [2.24, 2.45) is 35.0 Å². The van der Waals surface area contributed by atoms with Gasteiger partial charge < -0.3 is 19.7 Å². The van der Waals surface area contributed by atoms with Crippen molar-refractivity contribution >= 4 is 17.7 Å². The second-order valence-corrected chi connectivity index (χ2v) is 10.4. The van der Waals surface area contributed by atoms with Crippen molar-refractivity contribution in [3.63, 3.8) is 0 Å². The Balaban J connectivity index is 1.87. The molecule has 0 aromatic rings. The Labute approximate surface area is 182 Å². The fraction of sp³-hybridized carbons (Fsp3) is 0.708. The van der Waals surface area contributed by atoms with Crippen LogP contribution < -0.4 is 0 Å². The number of rotatable bonds is 3. The lowest BCUT2D eigenvalue weighted by Crippen LogP contribution is -2.62. The molecule has 0 radical (unpaired) electrons. The number of allylic oxidation sites excluding steroid dienone is 1. The van der Waals surface area contributed by atoms with Crippen LogP contribution in [-0.4, -0.2) is 51.8 Å². The Bertz CT molecular complexity index is 915. The van der Waals surface area contributed by atoms with Gasteiger partial charge in [0.05, 0.1) is 11.7 Å². The predicted molar refractivity (Wildman–Crippen MR) is 110 cm³/mol. The van der Waals surface area contributed by atoms with Crippen molar-refractivity contribution in [1.29, 1.82) is 0 Å². The highest BCUT2D eigenvalue weighted by Crippen LogP contribution is 2.76. The molecule has 0 amide bonds. The normalized spacial score (nSPS) is 44.7. The van der Waals surface area contributed by atoms with Crippen LogP contribution in [0.2, 0.25) is 0 Å². The van der Waals surface area contributed by atoms with E-state index in [0.717, 1.165) is 5.57 Å².